The number of benzene rings is 1. The van der Waals surface area contributed by atoms with Crippen molar-refractivity contribution in [3.63, 3.8) is 0 Å². The van der Waals surface area contributed by atoms with Crippen LogP contribution in [-0.2, 0) is 6.42 Å². The summed E-state index contributed by atoms with van der Waals surface area (Å²) in [6, 6.07) is 7.01. The Hall–Kier alpha value is -1.91. The lowest BCUT2D eigenvalue weighted by Crippen LogP contribution is -2.17. The van der Waals surface area contributed by atoms with E-state index in [1.54, 1.807) is 12.1 Å². The van der Waals surface area contributed by atoms with Gasteiger partial charge < -0.3 is 10.1 Å². The number of halogens is 3. The molecule has 4 nitrogen and oxygen atoms in total. The van der Waals surface area contributed by atoms with E-state index in [4.69, 9.17) is 16.9 Å². The predicted octanol–water partition coefficient (Wildman–Crippen LogP) is 4.76. The summed E-state index contributed by atoms with van der Waals surface area (Å²) in [5.74, 6) is 0.165. The molecule has 1 unspecified atom stereocenters. The third kappa shape index (κ3) is 3.38. The van der Waals surface area contributed by atoms with E-state index in [0.717, 1.165) is 41.9 Å². The summed E-state index contributed by atoms with van der Waals surface area (Å²) in [7, 11) is 0. The molecule has 8 heteroatoms. The van der Waals surface area contributed by atoms with Crippen LogP contribution in [0, 0.1) is 11.3 Å². The van der Waals surface area contributed by atoms with Crippen LogP contribution >= 0.6 is 23.1 Å². The van der Waals surface area contributed by atoms with Gasteiger partial charge in [-0.3, -0.25) is 0 Å². The van der Waals surface area contributed by atoms with E-state index in [1.807, 2.05) is 6.07 Å². The van der Waals surface area contributed by atoms with Gasteiger partial charge in [0.2, 0.25) is 0 Å². The molecule has 1 N–H and O–H groups in total. The van der Waals surface area contributed by atoms with Gasteiger partial charge >= 0.3 is 6.61 Å². The highest BCUT2D eigenvalue weighted by Crippen LogP contribution is 2.37. The fraction of sp³-hybridized carbons (Fsp3) is 0.333. The largest absolute Gasteiger partial charge is 0.435 e. The Kier molecular flexibility index (Phi) is 4.64. The predicted molar refractivity (Wildman–Crippen MR) is 84.2 cm³/mol. The number of aromatic nitrogens is 1. The number of fused-ring (bicyclic) bond motifs is 1. The van der Waals surface area contributed by atoms with Crippen molar-refractivity contribution in [1.82, 2.24) is 4.37 Å². The van der Waals surface area contributed by atoms with Crippen molar-refractivity contribution in [2.24, 2.45) is 0 Å². The standard InChI is InChI=1S/C15H12ClF2N3OS/c16-13-11(7-19)14(23-21-13)20-12-3-1-2-8-6-9(22-15(17)18)4-5-10(8)12/h4-6,12,15,20H,1-3H2. The summed E-state index contributed by atoms with van der Waals surface area (Å²) in [5.41, 5.74) is 2.33. The molecule has 0 saturated heterocycles. The Morgan fingerprint density at radius 2 is 2.30 bits per heavy atom. The number of hydrogen-bond donors (Lipinski definition) is 1. The molecule has 1 heterocycles. The van der Waals surface area contributed by atoms with E-state index < -0.39 is 6.61 Å². The molecule has 0 aliphatic heterocycles. The van der Waals surface area contributed by atoms with Crippen molar-refractivity contribution in [3.05, 3.63) is 40.0 Å². The van der Waals surface area contributed by atoms with Crippen LogP contribution in [0.4, 0.5) is 13.8 Å². The summed E-state index contributed by atoms with van der Waals surface area (Å²) in [6.45, 7) is -2.83. The molecule has 1 aromatic heterocycles. The lowest BCUT2D eigenvalue weighted by Gasteiger charge is -2.27. The zero-order valence-electron chi connectivity index (χ0n) is 11.9. The average molecular weight is 356 g/mol. The monoisotopic (exact) mass is 355 g/mol. The number of aryl methyl sites for hydroxylation is 1. The number of nitriles is 1. The van der Waals surface area contributed by atoms with Crippen molar-refractivity contribution in [2.75, 3.05) is 5.32 Å². The van der Waals surface area contributed by atoms with Gasteiger partial charge in [0, 0.05) is 0 Å². The topological polar surface area (TPSA) is 57.9 Å². The first-order chi connectivity index (χ1) is 11.1. The van der Waals surface area contributed by atoms with Crippen molar-refractivity contribution >= 4 is 28.1 Å². The van der Waals surface area contributed by atoms with Gasteiger partial charge in [-0.25, -0.2) is 0 Å². The highest BCUT2D eigenvalue weighted by Gasteiger charge is 2.23. The molecule has 1 aliphatic carbocycles. The minimum Gasteiger partial charge on any atom is -0.435 e. The van der Waals surface area contributed by atoms with Gasteiger partial charge in [-0.2, -0.15) is 18.4 Å². The Morgan fingerprint density at radius 1 is 1.48 bits per heavy atom. The third-order valence-corrected chi connectivity index (χ3v) is 4.87. The number of nitrogens with one attached hydrogen (secondary N) is 1. The average Bonchev–Trinajstić information content (AvgIpc) is 2.86. The Bertz CT molecular complexity index is 760. The maximum absolute atomic E-state index is 12.3. The van der Waals surface area contributed by atoms with Crippen LogP contribution in [-0.4, -0.2) is 11.0 Å². The van der Waals surface area contributed by atoms with Gasteiger partial charge in [-0.15, -0.1) is 0 Å². The zero-order valence-corrected chi connectivity index (χ0v) is 13.4. The maximum atomic E-state index is 12.3. The molecule has 1 atom stereocenters. The summed E-state index contributed by atoms with van der Waals surface area (Å²) in [5, 5.41) is 13.3. The highest BCUT2D eigenvalue weighted by molar-refractivity contribution is 7.10. The van der Waals surface area contributed by atoms with E-state index in [9.17, 15) is 8.78 Å². The van der Waals surface area contributed by atoms with Gasteiger partial charge in [-0.1, -0.05) is 17.7 Å². The number of rotatable bonds is 4. The molecule has 0 spiro atoms. The van der Waals surface area contributed by atoms with Crippen molar-refractivity contribution < 1.29 is 13.5 Å². The molecule has 0 amide bonds. The Morgan fingerprint density at radius 3 is 3.04 bits per heavy atom. The molecule has 0 fully saturated rings. The fourth-order valence-electron chi connectivity index (χ4n) is 2.74. The number of ether oxygens (including phenoxy) is 1. The molecular weight excluding hydrogens is 344 g/mol. The first-order valence-corrected chi connectivity index (χ1v) is 8.13. The summed E-state index contributed by atoms with van der Waals surface area (Å²) in [4.78, 5) is 0. The summed E-state index contributed by atoms with van der Waals surface area (Å²) in [6.07, 6.45) is 2.60. The molecule has 0 radical (unpaired) electrons. The lowest BCUT2D eigenvalue weighted by molar-refractivity contribution is -0.0499. The fourth-order valence-corrected chi connectivity index (χ4v) is 3.73. The van der Waals surface area contributed by atoms with Gasteiger partial charge in [-0.05, 0) is 54.1 Å². The number of nitrogens with zero attached hydrogens (tertiary/aromatic N) is 2. The van der Waals surface area contributed by atoms with Crippen LogP contribution in [0.2, 0.25) is 5.15 Å². The molecule has 0 bridgehead atoms. The highest BCUT2D eigenvalue weighted by atomic mass is 35.5. The quantitative estimate of drug-likeness (QED) is 0.859. The SMILES string of the molecule is N#Cc1c(Cl)nsc1NC1CCCc2cc(OC(F)F)ccc21. The Labute approximate surface area is 140 Å². The van der Waals surface area contributed by atoms with Crippen LogP contribution in [0.15, 0.2) is 18.2 Å². The van der Waals surface area contributed by atoms with E-state index in [1.165, 1.54) is 6.07 Å². The normalized spacial score (nSPS) is 16.7. The molecule has 0 saturated carbocycles. The summed E-state index contributed by atoms with van der Waals surface area (Å²) < 4.78 is 33.1. The number of anilines is 1. The second-order valence-corrected chi connectivity index (χ2v) is 6.25. The molecular formula is C15H12ClF2N3OS. The second kappa shape index (κ2) is 6.69. The number of alkyl halides is 2. The second-order valence-electron chi connectivity index (χ2n) is 5.12. The molecule has 2 aromatic rings. The maximum Gasteiger partial charge on any atom is 0.387 e. The minimum absolute atomic E-state index is 0.0111. The van der Waals surface area contributed by atoms with Crippen LogP contribution in [0.25, 0.3) is 0 Å². The van der Waals surface area contributed by atoms with E-state index in [2.05, 4.69) is 14.4 Å². The first kappa shape index (κ1) is 16.0. The van der Waals surface area contributed by atoms with Crippen molar-refractivity contribution in [1.29, 1.82) is 5.26 Å². The van der Waals surface area contributed by atoms with Gasteiger partial charge in [0.15, 0.2) is 5.15 Å². The summed E-state index contributed by atoms with van der Waals surface area (Å²) >= 11 is 7.02. The first-order valence-electron chi connectivity index (χ1n) is 6.98. The van der Waals surface area contributed by atoms with Gasteiger partial charge in [0.05, 0.1) is 6.04 Å². The molecule has 1 aromatic carbocycles. The zero-order chi connectivity index (χ0) is 16.4. The Balaban J connectivity index is 1.85. The lowest BCUT2D eigenvalue weighted by atomic mass is 9.87. The van der Waals surface area contributed by atoms with Gasteiger partial charge in [0.1, 0.15) is 22.4 Å². The van der Waals surface area contributed by atoms with Gasteiger partial charge in [0.25, 0.3) is 0 Å². The third-order valence-electron chi connectivity index (χ3n) is 3.72. The van der Waals surface area contributed by atoms with E-state index in [-0.39, 0.29) is 16.9 Å². The van der Waals surface area contributed by atoms with Crippen molar-refractivity contribution in [3.8, 4) is 11.8 Å². The van der Waals surface area contributed by atoms with E-state index >= 15 is 0 Å². The minimum atomic E-state index is -2.83. The van der Waals surface area contributed by atoms with Crippen LogP contribution in [0.5, 0.6) is 5.75 Å². The molecule has 3 rings (SSSR count). The van der Waals surface area contributed by atoms with Crippen LogP contribution in [0.3, 0.4) is 0 Å². The van der Waals surface area contributed by atoms with Crippen molar-refractivity contribution in [2.45, 2.75) is 31.9 Å². The molecule has 23 heavy (non-hydrogen) atoms. The van der Waals surface area contributed by atoms with Crippen LogP contribution in [0.1, 0.15) is 35.6 Å². The molecule has 1 aliphatic rings. The van der Waals surface area contributed by atoms with Crippen LogP contribution < -0.4 is 10.1 Å². The molecule has 120 valence electrons. The van der Waals surface area contributed by atoms with E-state index in [0.29, 0.717) is 10.6 Å². The number of hydrogen-bond acceptors (Lipinski definition) is 5. The smallest absolute Gasteiger partial charge is 0.387 e.